The molecule has 17 heteroatoms. The molecule has 1 aliphatic rings. The fourth-order valence-electron chi connectivity index (χ4n) is 3.30. The van der Waals surface area contributed by atoms with Crippen LogP contribution >= 0.6 is 12.2 Å². The second kappa shape index (κ2) is 13.4. The van der Waals surface area contributed by atoms with Crippen LogP contribution in [0.4, 0.5) is 4.39 Å². The summed E-state index contributed by atoms with van der Waals surface area (Å²) in [7, 11) is -4.19. The average Bonchev–Trinajstić information content (AvgIpc) is 2.80. The highest BCUT2D eigenvalue weighted by Crippen LogP contribution is 2.28. The number of ether oxygens (including phenoxy) is 5. The smallest absolute Gasteiger partial charge is 0.303 e. The van der Waals surface area contributed by atoms with Crippen molar-refractivity contribution in [1.82, 2.24) is 15.6 Å². The molecule has 1 heterocycles. The van der Waals surface area contributed by atoms with Gasteiger partial charge in [0.05, 0.1) is 4.90 Å². The van der Waals surface area contributed by atoms with Gasteiger partial charge in [-0.1, -0.05) is 0 Å². The van der Waals surface area contributed by atoms with Gasteiger partial charge in [0.25, 0.3) is 10.0 Å². The van der Waals surface area contributed by atoms with Crippen LogP contribution in [0.15, 0.2) is 29.2 Å². The van der Waals surface area contributed by atoms with Crippen molar-refractivity contribution in [3.63, 3.8) is 0 Å². The second-order valence-electron chi connectivity index (χ2n) is 7.78. The number of carbonyl (C=O) groups is 4. The van der Waals surface area contributed by atoms with Crippen LogP contribution in [-0.4, -0.2) is 74.7 Å². The van der Waals surface area contributed by atoms with E-state index in [-0.39, 0.29) is 4.90 Å². The van der Waals surface area contributed by atoms with E-state index in [0.29, 0.717) is 0 Å². The van der Waals surface area contributed by atoms with Crippen molar-refractivity contribution in [2.45, 2.75) is 63.2 Å². The molecule has 2 rings (SSSR count). The van der Waals surface area contributed by atoms with Crippen molar-refractivity contribution in [1.29, 1.82) is 0 Å². The minimum atomic E-state index is -4.19. The van der Waals surface area contributed by atoms with E-state index < -0.39 is 82.1 Å². The summed E-state index contributed by atoms with van der Waals surface area (Å²) in [5.41, 5.74) is 2.21. The van der Waals surface area contributed by atoms with Crippen molar-refractivity contribution in [2.75, 3.05) is 6.61 Å². The Morgan fingerprint density at radius 1 is 0.895 bits per heavy atom. The van der Waals surface area contributed by atoms with Crippen molar-refractivity contribution in [2.24, 2.45) is 0 Å². The molecule has 0 spiro atoms. The summed E-state index contributed by atoms with van der Waals surface area (Å²) in [6, 6.07) is 3.94. The quantitative estimate of drug-likeness (QED) is 0.148. The first kappa shape index (κ1) is 30.8. The topological polar surface area (TPSA) is 185 Å². The van der Waals surface area contributed by atoms with Gasteiger partial charge in [-0.2, -0.15) is 0 Å². The van der Waals surface area contributed by atoms with Crippen LogP contribution in [0.3, 0.4) is 0 Å². The number of halogens is 1. The summed E-state index contributed by atoms with van der Waals surface area (Å²) in [5.74, 6) is -3.80. The van der Waals surface area contributed by atoms with Gasteiger partial charge in [0, 0.05) is 27.7 Å². The van der Waals surface area contributed by atoms with E-state index in [1.54, 1.807) is 0 Å². The minimum absolute atomic E-state index is 0.276. The molecule has 14 nitrogen and oxygen atoms in total. The predicted molar refractivity (Wildman–Crippen MR) is 128 cm³/mol. The van der Waals surface area contributed by atoms with Crippen LogP contribution < -0.4 is 15.6 Å². The van der Waals surface area contributed by atoms with Crippen LogP contribution in [0.1, 0.15) is 27.7 Å². The first-order valence-electron chi connectivity index (χ1n) is 10.8. The lowest BCUT2D eigenvalue weighted by molar-refractivity contribution is -0.254. The summed E-state index contributed by atoms with van der Waals surface area (Å²) in [6.07, 6.45) is -6.97. The Hall–Kier alpha value is -3.41. The van der Waals surface area contributed by atoms with Crippen LogP contribution in [0.25, 0.3) is 0 Å². The summed E-state index contributed by atoms with van der Waals surface area (Å²) in [5, 5.41) is 2.17. The van der Waals surface area contributed by atoms with Gasteiger partial charge in [0.2, 0.25) is 0 Å². The monoisotopic (exact) mass is 579 g/mol. The summed E-state index contributed by atoms with van der Waals surface area (Å²) >= 11 is 5.10. The predicted octanol–water partition coefficient (Wildman–Crippen LogP) is -0.434. The third-order valence-electron chi connectivity index (χ3n) is 4.69. The molecule has 0 radical (unpaired) electrons. The van der Waals surface area contributed by atoms with Crippen LogP contribution in [-0.2, 0) is 52.9 Å². The van der Waals surface area contributed by atoms with Crippen LogP contribution in [0, 0.1) is 5.82 Å². The van der Waals surface area contributed by atoms with E-state index in [1.807, 2.05) is 4.83 Å². The van der Waals surface area contributed by atoms with E-state index >= 15 is 0 Å². The first-order chi connectivity index (χ1) is 17.7. The number of benzene rings is 1. The number of sulfonamides is 1. The number of thiocarbonyl (C=S) groups is 1. The van der Waals surface area contributed by atoms with E-state index in [9.17, 15) is 32.0 Å². The molecule has 38 heavy (non-hydrogen) atoms. The van der Waals surface area contributed by atoms with Crippen molar-refractivity contribution < 1.29 is 55.7 Å². The van der Waals surface area contributed by atoms with Gasteiger partial charge in [-0.15, -0.1) is 4.83 Å². The highest BCUT2D eigenvalue weighted by atomic mass is 32.2. The Labute approximate surface area is 222 Å². The molecule has 0 unspecified atom stereocenters. The van der Waals surface area contributed by atoms with Gasteiger partial charge in [0.15, 0.2) is 29.7 Å². The van der Waals surface area contributed by atoms with E-state index in [4.69, 9.17) is 35.9 Å². The molecule has 1 aromatic carbocycles. The number of nitrogens with one attached hydrogen (secondary N) is 3. The highest BCUT2D eigenvalue weighted by molar-refractivity contribution is 7.89. The van der Waals surface area contributed by atoms with Gasteiger partial charge in [-0.05, 0) is 36.5 Å². The third-order valence-corrected chi connectivity index (χ3v) is 6.17. The number of carbonyl (C=O) groups excluding carboxylic acids is 4. The zero-order valence-corrected chi connectivity index (χ0v) is 22.2. The molecular weight excluding hydrogens is 553 g/mol. The van der Waals surface area contributed by atoms with Gasteiger partial charge in [0.1, 0.15) is 18.5 Å². The molecule has 5 atom stereocenters. The lowest BCUT2D eigenvalue weighted by Gasteiger charge is -2.44. The molecule has 0 saturated carbocycles. The Balaban J connectivity index is 2.30. The maximum atomic E-state index is 13.1. The SMILES string of the molecule is CC(=O)OC[C@H]1O[C@@H](NC(=S)NNS(=O)(=O)c2ccc(F)cc2)[C@H](OC(C)=O)[C@@H](OC(C)=O)[C@@H]1OC(C)=O. The lowest BCUT2D eigenvalue weighted by atomic mass is 9.97. The van der Waals surface area contributed by atoms with Crippen LogP contribution in [0.5, 0.6) is 0 Å². The molecule has 1 saturated heterocycles. The second-order valence-corrected chi connectivity index (χ2v) is 9.87. The minimum Gasteiger partial charge on any atom is -0.463 e. The van der Waals surface area contributed by atoms with E-state index in [1.165, 1.54) is 0 Å². The third kappa shape index (κ3) is 9.16. The Kier molecular flexibility index (Phi) is 10.9. The zero-order valence-electron chi connectivity index (χ0n) is 20.6. The Morgan fingerprint density at radius 3 is 1.95 bits per heavy atom. The average molecular weight is 580 g/mol. The lowest BCUT2D eigenvalue weighted by Crippen LogP contribution is -2.67. The van der Waals surface area contributed by atoms with E-state index in [2.05, 4.69) is 10.7 Å². The fraction of sp³-hybridized carbons (Fsp3) is 0.476. The Bertz CT molecular complexity index is 1160. The number of hydrogen-bond acceptors (Lipinski definition) is 12. The van der Waals surface area contributed by atoms with Crippen molar-refractivity contribution in [3.05, 3.63) is 30.1 Å². The molecule has 1 aliphatic heterocycles. The molecule has 1 fully saturated rings. The van der Waals surface area contributed by atoms with Gasteiger partial charge in [-0.25, -0.2) is 12.8 Å². The number of hydrazine groups is 1. The molecular formula is C21H26FN3O11S2. The van der Waals surface area contributed by atoms with Gasteiger partial charge >= 0.3 is 23.9 Å². The summed E-state index contributed by atoms with van der Waals surface area (Å²) in [4.78, 5) is 48.6. The van der Waals surface area contributed by atoms with E-state index in [0.717, 1.165) is 52.0 Å². The summed E-state index contributed by atoms with van der Waals surface area (Å²) in [6.45, 7) is 3.85. The molecule has 0 aromatic heterocycles. The zero-order chi connectivity index (χ0) is 28.6. The maximum Gasteiger partial charge on any atom is 0.303 e. The van der Waals surface area contributed by atoms with Gasteiger partial charge < -0.3 is 29.0 Å². The summed E-state index contributed by atoms with van der Waals surface area (Å²) < 4.78 is 64.5. The maximum absolute atomic E-state index is 13.1. The standard InChI is InChI=1S/C21H26FN3O11S2/c1-10(26)32-9-16-17(33-11(2)27)18(34-12(3)28)19(35-13(4)29)20(36-16)23-21(37)24-25-38(30,31)15-7-5-14(22)6-8-15/h5-8,16-20,25H,9H2,1-4H3,(H2,23,24,37)/t16-,17-,18+,19-,20-/m1/s1. The number of esters is 4. The van der Waals surface area contributed by atoms with Crippen molar-refractivity contribution >= 4 is 51.2 Å². The van der Waals surface area contributed by atoms with Crippen LogP contribution in [0.2, 0.25) is 0 Å². The molecule has 1 aromatic rings. The fourth-order valence-corrected chi connectivity index (χ4v) is 4.38. The largest absolute Gasteiger partial charge is 0.463 e. The molecule has 0 amide bonds. The first-order valence-corrected chi connectivity index (χ1v) is 12.7. The molecule has 0 bridgehead atoms. The molecule has 3 N–H and O–H groups in total. The number of hydrogen-bond donors (Lipinski definition) is 3. The Morgan fingerprint density at radius 2 is 1.42 bits per heavy atom. The molecule has 210 valence electrons. The van der Waals surface area contributed by atoms with Gasteiger partial charge in [-0.3, -0.25) is 24.6 Å². The highest BCUT2D eigenvalue weighted by Gasteiger charge is 2.52. The normalized spacial score (nSPS) is 22.9. The molecule has 0 aliphatic carbocycles. The van der Waals surface area contributed by atoms with Crippen molar-refractivity contribution in [3.8, 4) is 0 Å². The number of rotatable bonds is 9.